The van der Waals surface area contributed by atoms with Crippen molar-refractivity contribution >= 4 is 5.96 Å². The highest BCUT2D eigenvalue weighted by atomic mass is 16.5. The fraction of sp³-hybridized carbons (Fsp3) is 0.720. The maximum Gasteiger partial charge on any atom is 0.193 e. The number of aliphatic imine (C=N–C) groups is 1. The van der Waals surface area contributed by atoms with Gasteiger partial charge >= 0.3 is 0 Å². The van der Waals surface area contributed by atoms with Gasteiger partial charge in [-0.2, -0.15) is 0 Å². The number of nitrogens with one attached hydrogen (secondary N) is 1. The van der Waals surface area contributed by atoms with E-state index in [1.165, 1.54) is 24.8 Å². The topological polar surface area (TPSA) is 64.6 Å². The summed E-state index contributed by atoms with van der Waals surface area (Å²) in [6.07, 6.45) is 8.67. The Morgan fingerprint density at radius 1 is 1.06 bits per heavy atom. The molecule has 32 heavy (non-hydrogen) atoms. The fourth-order valence-corrected chi connectivity index (χ4v) is 5.53. The summed E-state index contributed by atoms with van der Waals surface area (Å²) < 4.78 is 23.0. The number of methoxy groups -OCH3 is 2. The molecule has 1 saturated carbocycles. The third-order valence-electron chi connectivity index (χ3n) is 7.38. The van der Waals surface area contributed by atoms with Crippen molar-refractivity contribution in [1.29, 1.82) is 0 Å². The number of ether oxygens (including phenoxy) is 4. The minimum absolute atomic E-state index is 0.0635. The second-order valence-electron chi connectivity index (χ2n) is 9.22. The molecule has 3 aliphatic rings. The van der Waals surface area contributed by atoms with E-state index >= 15 is 0 Å². The van der Waals surface area contributed by atoms with Crippen LogP contribution >= 0.6 is 0 Å². The van der Waals surface area contributed by atoms with E-state index in [2.05, 4.69) is 27.3 Å². The van der Waals surface area contributed by atoms with Crippen molar-refractivity contribution in [3.8, 4) is 11.5 Å². The Hall–Kier alpha value is -1.99. The molecule has 2 heterocycles. The lowest BCUT2D eigenvalue weighted by Gasteiger charge is -2.41. The van der Waals surface area contributed by atoms with E-state index in [0.717, 1.165) is 69.4 Å². The van der Waals surface area contributed by atoms with Crippen molar-refractivity contribution < 1.29 is 18.9 Å². The van der Waals surface area contributed by atoms with Crippen molar-refractivity contribution in [1.82, 2.24) is 10.2 Å². The van der Waals surface area contributed by atoms with Gasteiger partial charge in [0.15, 0.2) is 17.5 Å². The first-order valence-corrected chi connectivity index (χ1v) is 12.1. The van der Waals surface area contributed by atoms with Crippen LogP contribution in [0.15, 0.2) is 23.2 Å². The maximum atomic E-state index is 6.04. The van der Waals surface area contributed by atoms with Crippen LogP contribution in [0.4, 0.5) is 0 Å². The van der Waals surface area contributed by atoms with Crippen molar-refractivity contribution in [3.63, 3.8) is 0 Å². The Balaban J connectivity index is 1.48. The number of rotatable bonds is 6. The molecule has 2 atom stereocenters. The summed E-state index contributed by atoms with van der Waals surface area (Å²) >= 11 is 0. The number of benzene rings is 1. The van der Waals surface area contributed by atoms with Gasteiger partial charge in [-0.25, -0.2) is 0 Å². The Bertz CT molecular complexity index is 772. The number of hydrogen-bond donors (Lipinski definition) is 1. The molecule has 0 radical (unpaired) electrons. The average Bonchev–Trinajstić information content (AvgIpc) is 3.40. The van der Waals surface area contributed by atoms with Gasteiger partial charge in [0.2, 0.25) is 0 Å². The van der Waals surface area contributed by atoms with Crippen molar-refractivity contribution in [2.45, 2.75) is 62.6 Å². The summed E-state index contributed by atoms with van der Waals surface area (Å²) in [5.74, 6) is 2.54. The van der Waals surface area contributed by atoms with Crippen LogP contribution in [0.5, 0.6) is 11.5 Å². The molecule has 4 rings (SSSR count). The first-order chi connectivity index (χ1) is 15.7. The predicted molar refractivity (Wildman–Crippen MR) is 126 cm³/mol. The summed E-state index contributed by atoms with van der Waals surface area (Å²) in [5.41, 5.74) is 1.38. The monoisotopic (exact) mass is 445 g/mol. The molecule has 1 aromatic carbocycles. The quantitative estimate of drug-likeness (QED) is 0.535. The van der Waals surface area contributed by atoms with Crippen molar-refractivity contribution in [3.05, 3.63) is 23.8 Å². The van der Waals surface area contributed by atoms with E-state index in [1.54, 1.807) is 14.2 Å². The van der Waals surface area contributed by atoms with E-state index in [4.69, 9.17) is 18.9 Å². The van der Waals surface area contributed by atoms with Gasteiger partial charge in [0.05, 0.1) is 26.9 Å². The Labute approximate surface area is 192 Å². The Kier molecular flexibility index (Phi) is 7.79. The third-order valence-corrected chi connectivity index (χ3v) is 7.38. The van der Waals surface area contributed by atoms with Crippen molar-refractivity contribution in [2.75, 3.05) is 54.1 Å². The van der Waals surface area contributed by atoms with Gasteiger partial charge in [-0.05, 0) is 43.4 Å². The molecule has 0 aromatic heterocycles. The highest BCUT2D eigenvalue weighted by Gasteiger charge is 2.36. The first-order valence-electron chi connectivity index (χ1n) is 12.1. The number of guanidine groups is 1. The van der Waals surface area contributed by atoms with Crippen LogP contribution in [0, 0.1) is 0 Å². The van der Waals surface area contributed by atoms with Crippen LogP contribution in [0.2, 0.25) is 0 Å². The van der Waals surface area contributed by atoms with Crippen LogP contribution < -0.4 is 14.8 Å². The molecule has 2 saturated heterocycles. The smallest absolute Gasteiger partial charge is 0.193 e. The van der Waals surface area contributed by atoms with Gasteiger partial charge < -0.3 is 29.2 Å². The molecule has 2 unspecified atom stereocenters. The second kappa shape index (κ2) is 10.8. The molecule has 3 fully saturated rings. The number of nitrogens with zero attached hydrogens (tertiary/aromatic N) is 2. The highest BCUT2D eigenvalue weighted by molar-refractivity contribution is 5.80. The average molecular weight is 446 g/mol. The molecule has 7 heteroatoms. The summed E-state index contributed by atoms with van der Waals surface area (Å²) in [7, 11) is 5.27. The standard InChI is InChI=1S/C25H39N3O4/c1-26-24(28-13-15-32-23(17-28)21-8-7-14-31-21)27-18-25(11-5-4-6-12-25)19-9-10-20(29-2)22(16-19)30-3/h9-10,16,21,23H,4-8,11-15,17-18H2,1-3H3,(H,26,27). The summed E-state index contributed by atoms with van der Waals surface area (Å²) in [5, 5.41) is 3.73. The molecule has 1 N–H and O–H groups in total. The van der Waals surface area contributed by atoms with Gasteiger partial charge in [0.1, 0.15) is 6.10 Å². The molecule has 7 nitrogen and oxygen atoms in total. The van der Waals surface area contributed by atoms with Gasteiger partial charge in [-0.1, -0.05) is 25.3 Å². The Morgan fingerprint density at radius 3 is 2.53 bits per heavy atom. The molecular formula is C25H39N3O4. The lowest BCUT2D eigenvalue weighted by Crippen LogP contribution is -2.55. The Morgan fingerprint density at radius 2 is 1.84 bits per heavy atom. The second-order valence-corrected chi connectivity index (χ2v) is 9.22. The van der Waals surface area contributed by atoms with E-state index in [-0.39, 0.29) is 17.6 Å². The zero-order valence-corrected chi connectivity index (χ0v) is 19.9. The molecule has 1 aromatic rings. The van der Waals surface area contributed by atoms with Crippen molar-refractivity contribution in [2.24, 2.45) is 4.99 Å². The molecule has 0 spiro atoms. The summed E-state index contributed by atoms with van der Waals surface area (Å²) in [6, 6.07) is 6.41. The molecule has 0 bridgehead atoms. The maximum absolute atomic E-state index is 6.04. The van der Waals surface area contributed by atoms with E-state index in [1.807, 2.05) is 13.1 Å². The minimum Gasteiger partial charge on any atom is -0.493 e. The zero-order valence-electron chi connectivity index (χ0n) is 19.9. The predicted octanol–water partition coefficient (Wildman–Crippen LogP) is 3.36. The van der Waals surface area contributed by atoms with E-state index in [0.29, 0.717) is 6.61 Å². The third kappa shape index (κ3) is 4.99. The molecule has 178 valence electrons. The lowest BCUT2D eigenvalue weighted by atomic mass is 9.69. The summed E-state index contributed by atoms with van der Waals surface area (Å²) in [4.78, 5) is 6.97. The van der Waals surface area contributed by atoms with Gasteiger partial charge in [0.25, 0.3) is 0 Å². The van der Waals surface area contributed by atoms with Crippen LogP contribution in [0.3, 0.4) is 0 Å². The van der Waals surface area contributed by atoms with E-state index < -0.39 is 0 Å². The fourth-order valence-electron chi connectivity index (χ4n) is 5.53. The number of morpholine rings is 1. The van der Waals surface area contributed by atoms with Crippen LogP contribution in [-0.2, 0) is 14.9 Å². The molecule has 1 aliphatic carbocycles. The van der Waals surface area contributed by atoms with Gasteiger partial charge in [-0.15, -0.1) is 0 Å². The molecule has 0 amide bonds. The van der Waals surface area contributed by atoms with Crippen LogP contribution in [0.25, 0.3) is 0 Å². The van der Waals surface area contributed by atoms with Gasteiger partial charge in [0, 0.05) is 38.7 Å². The van der Waals surface area contributed by atoms with Crippen LogP contribution in [0.1, 0.15) is 50.5 Å². The SMILES string of the molecule is CN=C(NCC1(c2ccc(OC)c(OC)c2)CCCCC1)N1CCOC(C2CCCO2)C1. The number of hydrogen-bond acceptors (Lipinski definition) is 5. The summed E-state index contributed by atoms with van der Waals surface area (Å²) in [6.45, 7) is 4.11. The zero-order chi connectivity index (χ0) is 22.4. The van der Waals surface area contributed by atoms with Crippen LogP contribution in [-0.4, -0.2) is 77.2 Å². The minimum atomic E-state index is 0.0635. The molecular weight excluding hydrogens is 406 g/mol. The first kappa shape index (κ1) is 23.2. The lowest BCUT2D eigenvalue weighted by molar-refractivity contribution is -0.0817. The highest BCUT2D eigenvalue weighted by Crippen LogP contribution is 2.42. The normalized spacial score (nSPS) is 26.1. The largest absolute Gasteiger partial charge is 0.493 e. The van der Waals surface area contributed by atoms with Gasteiger partial charge in [-0.3, -0.25) is 4.99 Å². The van der Waals surface area contributed by atoms with E-state index in [9.17, 15) is 0 Å². The molecule has 2 aliphatic heterocycles.